The SMILES string of the molecule is CCCC(C)CNCCCCBr. The van der Waals surface area contributed by atoms with Gasteiger partial charge in [0.15, 0.2) is 0 Å². The van der Waals surface area contributed by atoms with Gasteiger partial charge in [-0.05, 0) is 38.3 Å². The lowest BCUT2D eigenvalue weighted by atomic mass is 10.1. The Morgan fingerprint density at radius 3 is 2.67 bits per heavy atom. The Hall–Kier alpha value is 0.440. The zero-order chi connectivity index (χ0) is 9.23. The fraction of sp³-hybridized carbons (Fsp3) is 1.00. The van der Waals surface area contributed by atoms with E-state index in [1.165, 1.54) is 38.8 Å². The first-order valence-electron chi connectivity index (χ1n) is 5.08. The van der Waals surface area contributed by atoms with E-state index in [9.17, 15) is 0 Å². The van der Waals surface area contributed by atoms with Crippen LogP contribution in [0.1, 0.15) is 39.5 Å². The first-order chi connectivity index (χ1) is 5.81. The van der Waals surface area contributed by atoms with Gasteiger partial charge in [-0.1, -0.05) is 36.2 Å². The van der Waals surface area contributed by atoms with E-state index < -0.39 is 0 Å². The average Bonchev–Trinajstić information content (AvgIpc) is 2.05. The van der Waals surface area contributed by atoms with Crippen molar-refractivity contribution in [1.29, 1.82) is 0 Å². The van der Waals surface area contributed by atoms with Gasteiger partial charge in [0.25, 0.3) is 0 Å². The van der Waals surface area contributed by atoms with Crippen molar-refractivity contribution in [1.82, 2.24) is 5.32 Å². The van der Waals surface area contributed by atoms with Crippen molar-refractivity contribution in [3.8, 4) is 0 Å². The highest BCUT2D eigenvalue weighted by molar-refractivity contribution is 9.09. The molecule has 0 saturated carbocycles. The Balaban J connectivity index is 2.97. The maximum Gasteiger partial charge on any atom is 0.00317 e. The Morgan fingerprint density at radius 1 is 1.33 bits per heavy atom. The maximum atomic E-state index is 3.48. The number of hydrogen-bond acceptors (Lipinski definition) is 1. The van der Waals surface area contributed by atoms with E-state index in [1.54, 1.807) is 0 Å². The summed E-state index contributed by atoms with van der Waals surface area (Å²) in [7, 11) is 0. The topological polar surface area (TPSA) is 12.0 Å². The summed E-state index contributed by atoms with van der Waals surface area (Å²) < 4.78 is 0. The van der Waals surface area contributed by atoms with E-state index >= 15 is 0 Å². The lowest BCUT2D eigenvalue weighted by molar-refractivity contribution is 0.472. The second-order valence-electron chi connectivity index (χ2n) is 3.49. The van der Waals surface area contributed by atoms with Crippen LogP contribution in [-0.4, -0.2) is 18.4 Å². The molecule has 0 heterocycles. The molecule has 0 bridgehead atoms. The molecule has 0 aromatic carbocycles. The minimum absolute atomic E-state index is 0.846. The van der Waals surface area contributed by atoms with Crippen molar-refractivity contribution < 1.29 is 0 Å². The van der Waals surface area contributed by atoms with Crippen LogP contribution in [0.5, 0.6) is 0 Å². The summed E-state index contributed by atoms with van der Waals surface area (Å²) in [6.45, 7) is 6.94. The molecule has 1 unspecified atom stereocenters. The van der Waals surface area contributed by atoms with E-state index in [0.717, 1.165) is 11.2 Å². The van der Waals surface area contributed by atoms with Gasteiger partial charge in [-0.25, -0.2) is 0 Å². The first-order valence-corrected chi connectivity index (χ1v) is 6.20. The zero-order valence-corrected chi connectivity index (χ0v) is 9.99. The molecule has 0 rings (SSSR count). The van der Waals surface area contributed by atoms with E-state index in [0.29, 0.717) is 0 Å². The number of unbranched alkanes of at least 4 members (excludes halogenated alkanes) is 1. The van der Waals surface area contributed by atoms with Gasteiger partial charge in [-0.3, -0.25) is 0 Å². The van der Waals surface area contributed by atoms with Crippen LogP contribution in [0.2, 0.25) is 0 Å². The summed E-state index contributed by atoms with van der Waals surface area (Å²) in [6.07, 6.45) is 5.24. The number of rotatable bonds is 8. The van der Waals surface area contributed by atoms with Gasteiger partial charge in [0.1, 0.15) is 0 Å². The highest BCUT2D eigenvalue weighted by Gasteiger charge is 1.98. The molecule has 0 amide bonds. The molecule has 0 aromatic heterocycles. The third-order valence-electron chi connectivity index (χ3n) is 2.01. The van der Waals surface area contributed by atoms with Crippen molar-refractivity contribution in [2.45, 2.75) is 39.5 Å². The number of hydrogen-bond donors (Lipinski definition) is 1. The second-order valence-corrected chi connectivity index (χ2v) is 4.29. The van der Waals surface area contributed by atoms with Gasteiger partial charge in [0.2, 0.25) is 0 Å². The number of nitrogens with one attached hydrogen (secondary N) is 1. The zero-order valence-electron chi connectivity index (χ0n) is 8.41. The number of alkyl halides is 1. The average molecular weight is 236 g/mol. The van der Waals surface area contributed by atoms with Crippen LogP contribution in [0.25, 0.3) is 0 Å². The summed E-state index contributed by atoms with van der Waals surface area (Å²) in [5.74, 6) is 0.846. The van der Waals surface area contributed by atoms with Gasteiger partial charge in [-0.15, -0.1) is 0 Å². The summed E-state index contributed by atoms with van der Waals surface area (Å²) in [5, 5.41) is 4.62. The molecule has 74 valence electrons. The van der Waals surface area contributed by atoms with Crippen molar-refractivity contribution in [2.75, 3.05) is 18.4 Å². The van der Waals surface area contributed by atoms with E-state index in [-0.39, 0.29) is 0 Å². The normalized spacial score (nSPS) is 13.2. The second kappa shape index (κ2) is 9.53. The van der Waals surface area contributed by atoms with Gasteiger partial charge >= 0.3 is 0 Å². The predicted octanol–water partition coefficient (Wildman–Crippen LogP) is 3.19. The fourth-order valence-corrected chi connectivity index (χ4v) is 1.68. The Labute approximate surface area is 85.4 Å². The van der Waals surface area contributed by atoms with Crippen molar-refractivity contribution in [3.05, 3.63) is 0 Å². The van der Waals surface area contributed by atoms with Crippen LogP contribution in [0, 0.1) is 5.92 Å². The quantitative estimate of drug-likeness (QED) is 0.504. The Kier molecular flexibility index (Phi) is 9.88. The molecule has 0 fully saturated rings. The molecule has 12 heavy (non-hydrogen) atoms. The van der Waals surface area contributed by atoms with Crippen molar-refractivity contribution in [3.63, 3.8) is 0 Å². The largest absolute Gasteiger partial charge is 0.316 e. The lowest BCUT2D eigenvalue weighted by Crippen LogP contribution is -2.22. The Bertz CT molecular complexity index is 85.9. The third kappa shape index (κ3) is 8.54. The predicted molar refractivity (Wildman–Crippen MR) is 60.0 cm³/mol. The molecule has 1 atom stereocenters. The summed E-state index contributed by atoms with van der Waals surface area (Å²) in [5.41, 5.74) is 0. The van der Waals surface area contributed by atoms with Gasteiger partial charge < -0.3 is 5.32 Å². The van der Waals surface area contributed by atoms with Crippen LogP contribution in [-0.2, 0) is 0 Å². The van der Waals surface area contributed by atoms with E-state index in [4.69, 9.17) is 0 Å². The molecule has 0 spiro atoms. The molecule has 2 heteroatoms. The minimum Gasteiger partial charge on any atom is -0.316 e. The van der Waals surface area contributed by atoms with Crippen LogP contribution in [0.3, 0.4) is 0 Å². The molecule has 0 aromatic rings. The van der Waals surface area contributed by atoms with Gasteiger partial charge in [0.05, 0.1) is 0 Å². The summed E-state index contributed by atoms with van der Waals surface area (Å²) in [6, 6.07) is 0. The van der Waals surface area contributed by atoms with E-state index in [2.05, 4.69) is 35.1 Å². The van der Waals surface area contributed by atoms with Crippen LogP contribution < -0.4 is 5.32 Å². The van der Waals surface area contributed by atoms with Gasteiger partial charge in [0, 0.05) is 5.33 Å². The van der Waals surface area contributed by atoms with Gasteiger partial charge in [-0.2, -0.15) is 0 Å². The van der Waals surface area contributed by atoms with E-state index in [1.807, 2.05) is 0 Å². The molecule has 1 N–H and O–H groups in total. The fourth-order valence-electron chi connectivity index (χ4n) is 1.29. The molecule has 0 radical (unpaired) electrons. The molecule has 0 aliphatic rings. The molecule has 0 saturated heterocycles. The first kappa shape index (κ1) is 12.4. The minimum atomic E-state index is 0.846. The molecule has 0 aliphatic carbocycles. The summed E-state index contributed by atoms with van der Waals surface area (Å²) >= 11 is 3.43. The molecule has 0 aliphatic heterocycles. The van der Waals surface area contributed by atoms with Crippen LogP contribution >= 0.6 is 15.9 Å². The summed E-state index contributed by atoms with van der Waals surface area (Å²) in [4.78, 5) is 0. The monoisotopic (exact) mass is 235 g/mol. The third-order valence-corrected chi connectivity index (χ3v) is 2.57. The van der Waals surface area contributed by atoms with Crippen molar-refractivity contribution in [2.24, 2.45) is 5.92 Å². The highest BCUT2D eigenvalue weighted by Crippen LogP contribution is 2.02. The van der Waals surface area contributed by atoms with Crippen LogP contribution in [0.15, 0.2) is 0 Å². The Morgan fingerprint density at radius 2 is 2.08 bits per heavy atom. The smallest absolute Gasteiger partial charge is 0.00317 e. The maximum absolute atomic E-state index is 3.48. The molecular formula is C10H22BrN. The lowest BCUT2D eigenvalue weighted by Gasteiger charge is -2.10. The molecule has 1 nitrogen and oxygen atoms in total. The standard InChI is InChI=1S/C10H22BrN/c1-3-6-10(2)9-12-8-5-4-7-11/h10,12H,3-9H2,1-2H3. The van der Waals surface area contributed by atoms with Crippen LogP contribution in [0.4, 0.5) is 0 Å². The van der Waals surface area contributed by atoms with Crippen molar-refractivity contribution >= 4 is 15.9 Å². The molecular weight excluding hydrogens is 214 g/mol. The number of halogens is 1. The highest BCUT2D eigenvalue weighted by atomic mass is 79.9.